The van der Waals surface area contributed by atoms with Crippen molar-refractivity contribution in [1.29, 1.82) is 0 Å². The SMILES string of the molecule is Cc1cnc2cc([C@H]3CC[C@H](c4c(C)nn(C)c4C)CC3)c(=O)n(Cc3ncccc3C(F)(F)F)c2n1. The molecule has 1 saturated carbocycles. The van der Waals surface area contributed by atoms with E-state index in [2.05, 4.69) is 27.0 Å². The quantitative estimate of drug-likeness (QED) is 0.370. The number of aryl methyl sites for hydroxylation is 3. The van der Waals surface area contributed by atoms with Gasteiger partial charge < -0.3 is 0 Å². The van der Waals surface area contributed by atoms with Crippen molar-refractivity contribution in [2.75, 3.05) is 0 Å². The molecule has 0 N–H and O–H groups in total. The molecule has 0 radical (unpaired) electrons. The molecule has 1 aliphatic carbocycles. The van der Waals surface area contributed by atoms with Gasteiger partial charge in [0.15, 0.2) is 5.65 Å². The molecule has 0 amide bonds. The third-order valence-corrected chi connectivity index (χ3v) is 7.59. The predicted octanol–water partition coefficient (Wildman–Crippen LogP) is 5.35. The highest BCUT2D eigenvalue weighted by Gasteiger charge is 2.34. The van der Waals surface area contributed by atoms with Crippen molar-refractivity contribution in [1.82, 2.24) is 29.3 Å². The summed E-state index contributed by atoms with van der Waals surface area (Å²) in [6, 6.07) is 4.01. The Kier molecular flexibility index (Phi) is 6.37. The molecular weight excluding hydrogens is 481 g/mol. The molecule has 5 rings (SSSR count). The first kappa shape index (κ1) is 25.1. The highest BCUT2D eigenvalue weighted by molar-refractivity contribution is 5.71. The molecular formula is C27H29F3N6O. The molecule has 0 spiro atoms. The van der Waals surface area contributed by atoms with E-state index in [0.717, 1.165) is 43.1 Å². The summed E-state index contributed by atoms with van der Waals surface area (Å²) < 4.78 is 44.2. The molecule has 1 aliphatic rings. The molecule has 0 unspecified atom stereocenters. The first-order valence-corrected chi connectivity index (χ1v) is 12.4. The number of rotatable bonds is 4. The van der Waals surface area contributed by atoms with Crippen LogP contribution in [0.15, 0.2) is 35.4 Å². The number of pyridine rings is 2. The van der Waals surface area contributed by atoms with E-state index in [-0.39, 0.29) is 29.4 Å². The lowest BCUT2D eigenvalue weighted by Crippen LogP contribution is -2.29. The van der Waals surface area contributed by atoms with Gasteiger partial charge in [-0.3, -0.25) is 24.0 Å². The van der Waals surface area contributed by atoms with Crippen molar-refractivity contribution >= 4 is 11.2 Å². The Balaban J connectivity index is 1.53. The van der Waals surface area contributed by atoms with Crippen LogP contribution in [0.3, 0.4) is 0 Å². The smallest absolute Gasteiger partial charge is 0.285 e. The van der Waals surface area contributed by atoms with Crippen molar-refractivity contribution in [3.05, 3.63) is 80.4 Å². The van der Waals surface area contributed by atoms with Crippen LogP contribution in [0.4, 0.5) is 13.2 Å². The van der Waals surface area contributed by atoms with Crippen molar-refractivity contribution in [3.63, 3.8) is 0 Å². The molecule has 4 aromatic heterocycles. The van der Waals surface area contributed by atoms with Crippen LogP contribution in [0.1, 0.15) is 77.0 Å². The Labute approximate surface area is 212 Å². The first-order valence-electron chi connectivity index (χ1n) is 12.4. The summed E-state index contributed by atoms with van der Waals surface area (Å²) in [5, 5.41) is 4.56. The summed E-state index contributed by atoms with van der Waals surface area (Å²) in [5.41, 5.74) is 3.99. The maximum Gasteiger partial charge on any atom is 0.418 e. The Morgan fingerprint density at radius 3 is 2.41 bits per heavy atom. The van der Waals surface area contributed by atoms with Gasteiger partial charge in [0.05, 0.1) is 29.2 Å². The molecule has 37 heavy (non-hydrogen) atoms. The van der Waals surface area contributed by atoms with E-state index in [1.165, 1.54) is 22.4 Å². The molecule has 7 nitrogen and oxygen atoms in total. The van der Waals surface area contributed by atoms with E-state index in [1.54, 1.807) is 19.2 Å². The average molecular weight is 511 g/mol. The maximum atomic E-state index is 13.8. The lowest BCUT2D eigenvalue weighted by molar-refractivity contribution is -0.138. The second-order valence-corrected chi connectivity index (χ2v) is 9.96. The number of aromatic nitrogens is 6. The number of halogens is 3. The zero-order chi connectivity index (χ0) is 26.5. The van der Waals surface area contributed by atoms with Crippen molar-refractivity contribution < 1.29 is 13.2 Å². The third kappa shape index (κ3) is 4.65. The van der Waals surface area contributed by atoms with Crippen LogP contribution in [0.5, 0.6) is 0 Å². The highest BCUT2D eigenvalue weighted by atomic mass is 19.4. The summed E-state index contributed by atoms with van der Waals surface area (Å²) in [4.78, 5) is 26.7. The molecule has 10 heteroatoms. The summed E-state index contributed by atoms with van der Waals surface area (Å²) >= 11 is 0. The van der Waals surface area contributed by atoms with Gasteiger partial charge in [0.2, 0.25) is 0 Å². The van der Waals surface area contributed by atoms with E-state index in [4.69, 9.17) is 0 Å². The Morgan fingerprint density at radius 1 is 1.05 bits per heavy atom. The molecule has 194 valence electrons. The standard InChI is InChI=1S/C27H29F3N6O/c1-15-13-32-22-12-20(18-7-9-19(10-8-18)24-16(2)34-35(4)17(24)3)26(37)36(25(22)33-15)14-23-21(27(28,29)30)6-5-11-31-23/h5-6,11-13,18-19H,7-10,14H2,1-4H3/t18-,19-. The van der Waals surface area contributed by atoms with E-state index < -0.39 is 11.7 Å². The summed E-state index contributed by atoms with van der Waals surface area (Å²) in [6.07, 6.45) is 1.76. The number of hydrogen-bond donors (Lipinski definition) is 0. The molecule has 0 aromatic carbocycles. The Morgan fingerprint density at radius 2 is 1.76 bits per heavy atom. The molecule has 0 aliphatic heterocycles. The lowest BCUT2D eigenvalue weighted by atomic mass is 9.76. The fourth-order valence-electron chi connectivity index (χ4n) is 5.72. The van der Waals surface area contributed by atoms with Crippen LogP contribution >= 0.6 is 0 Å². The van der Waals surface area contributed by atoms with Gasteiger partial charge in [-0.15, -0.1) is 0 Å². The van der Waals surface area contributed by atoms with Gasteiger partial charge in [0, 0.05) is 30.7 Å². The minimum absolute atomic E-state index is 0.00870. The predicted molar refractivity (Wildman–Crippen MR) is 134 cm³/mol. The Hall–Kier alpha value is -3.56. The molecule has 0 saturated heterocycles. The Bertz CT molecular complexity index is 1530. The van der Waals surface area contributed by atoms with Crippen LogP contribution in [-0.2, 0) is 19.8 Å². The highest BCUT2D eigenvalue weighted by Crippen LogP contribution is 2.42. The van der Waals surface area contributed by atoms with Gasteiger partial charge >= 0.3 is 6.18 Å². The largest absolute Gasteiger partial charge is 0.418 e. The number of alkyl halides is 3. The fourth-order valence-corrected chi connectivity index (χ4v) is 5.72. The van der Waals surface area contributed by atoms with Crippen LogP contribution in [0, 0.1) is 20.8 Å². The van der Waals surface area contributed by atoms with Gasteiger partial charge in [0.1, 0.15) is 5.52 Å². The maximum absolute atomic E-state index is 13.8. The number of nitrogens with zero attached hydrogens (tertiary/aromatic N) is 6. The minimum Gasteiger partial charge on any atom is -0.285 e. The fraction of sp³-hybridized carbons (Fsp3) is 0.444. The van der Waals surface area contributed by atoms with Crippen molar-refractivity contribution in [3.8, 4) is 0 Å². The van der Waals surface area contributed by atoms with Crippen LogP contribution < -0.4 is 5.56 Å². The third-order valence-electron chi connectivity index (χ3n) is 7.59. The van der Waals surface area contributed by atoms with Gasteiger partial charge in [-0.05, 0) is 82.1 Å². The number of hydrogen-bond acceptors (Lipinski definition) is 5. The summed E-state index contributed by atoms with van der Waals surface area (Å²) in [7, 11) is 1.95. The second kappa shape index (κ2) is 9.39. The average Bonchev–Trinajstić information content (AvgIpc) is 3.11. The molecule has 4 heterocycles. The van der Waals surface area contributed by atoms with Crippen molar-refractivity contribution in [2.24, 2.45) is 7.05 Å². The summed E-state index contributed by atoms with van der Waals surface area (Å²) in [6.45, 7) is 5.52. The van der Waals surface area contributed by atoms with Gasteiger partial charge in [0.25, 0.3) is 5.56 Å². The van der Waals surface area contributed by atoms with Crippen molar-refractivity contribution in [2.45, 2.75) is 71.0 Å². The van der Waals surface area contributed by atoms with Gasteiger partial charge in [-0.25, -0.2) is 4.98 Å². The monoisotopic (exact) mass is 510 g/mol. The van der Waals surface area contributed by atoms with Gasteiger partial charge in [-0.1, -0.05) is 0 Å². The van der Waals surface area contributed by atoms with Gasteiger partial charge in [-0.2, -0.15) is 18.3 Å². The molecule has 0 atom stereocenters. The number of fused-ring (bicyclic) bond motifs is 1. The lowest BCUT2D eigenvalue weighted by Gasteiger charge is -2.29. The summed E-state index contributed by atoms with van der Waals surface area (Å²) in [5.74, 6) is 0.364. The van der Waals surface area contributed by atoms with E-state index in [1.807, 2.05) is 18.7 Å². The minimum atomic E-state index is -4.58. The van der Waals surface area contributed by atoms with Crippen LogP contribution in [0.2, 0.25) is 0 Å². The second-order valence-electron chi connectivity index (χ2n) is 9.96. The first-order chi connectivity index (χ1) is 17.5. The zero-order valence-electron chi connectivity index (χ0n) is 21.3. The van der Waals surface area contributed by atoms with Crippen LogP contribution in [-0.4, -0.2) is 29.3 Å². The van der Waals surface area contributed by atoms with E-state index >= 15 is 0 Å². The molecule has 1 fully saturated rings. The molecule has 0 bridgehead atoms. The normalized spacial score (nSPS) is 18.5. The zero-order valence-corrected chi connectivity index (χ0v) is 21.3. The topological polar surface area (TPSA) is 78.5 Å². The van der Waals surface area contributed by atoms with Crippen LogP contribution in [0.25, 0.3) is 11.2 Å². The molecule has 4 aromatic rings. The van der Waals surface area contributed by atoms with E-state index in [9.17, 15) is 18.0 Å². The van der Waals surface area contributed by atoms with E-state index in [0.29, 0.717) is 22.7 Å².